The van der Waals surface area contributed by atoms with Crippen LogP contribution in [0.15, 0.2) is 0 Å². The fraction of sp³-hybridized carbons (Fsp3) is 0.923. The van der Waals surface area contributed by atoms with Crippen molar-refractivity contribution in [2.24, 2.45) is 29.6 Å². The standard InChI is InChI=1S/C13H19ClO2/c1-7-3-8-5-10-12(8)9(4-7)13(10,2)16-11(15)6-14/h7-10,12H,3-6H2,1-2H3. The lowest BCUT2D eigenvalue weighted by Crippen LogP contribution is -2.72. The van der Waals surface area contributed by atoms with E-state index in [4.69, 9.17) is 16.3 Å². The summed E-state index contributed by atoms with van der Waals surface area (Å²) < 4.78 is 5.62. The van der Waals surface area contributed by atoms with Gasteiger partial charge in [0.25, 0.3) is 0 Å². The Hall–Kier alpha value is -0.240. The summed E-state index contributed by atoms with van der Waals surface area (Å²) in [5.74, 6) is 3.53. The topological polar surface area (TPSA) is 26.3 Å². The Morgan fingerprint density at radius 2 is 2.06 bits per heavy atom. The lowest BCUT2D eigenvalue weighted by molar-refractivity contribution is -0.291. The third-order valence-electron chi connectivity index (χ3n) is 5.31. The van der Waals surface area contributed by atoms with Crippen molar-refractivity contribution in [1.29, 1.82) is 0 Å². The van der Waals surface area contributed by atoms with Crippen molar-refractivity contribution in [3.8, 4) is 0 Å². The largest absolute Gasteiger partial charge is 0.458 e. The molecule has 90 valence electrons. The summed E-state index contributed by atoms with van der Waals surface area (Å²) in [6.45, 7) is 4.45. The second kappa shape index (κ2) is 3.38. The maximum Gasteiger partial charge on any atom is 0.321 e. The van der Waals surface area contributed by atoms with Gasteiger partial charge in [-0.2, -0.15) is 0 Å². The maximum absolute atomic E-state index is 11.4. The third-order valence-corrected chi connectivity index (χ3v) is 5.53. The molecular weight excluding hydrogens is 224 g/mol. The Balaban J connectivity index is 1.75. The van der Waals surface area contributed by atoms with Crippen molar-refractivity contribution < 1.29 is 9.53 Å². The summed E-state index contributed by atoms with van der Waals surface area (Å²) in [7, 11) is 0. The average molecular weight is 243 g/mol. The Bertz CT molecular complexity index is 330. The molecule has 16 heavy (non-hydrogen) atoms. The number of halogens is 1. The van der Waals surface area contributed by atoms with Gasteiger partial charge in [0.05, 0.1) is 0 Å². The van der Waals surface area contributed by atoms with E-state index in [1.807, 2.05) is 0 Å². The van der Waals surface area contributed by atoms with E-state index in [-0.39, 0.29) is 17.5 Å². The van der Waals surface area contributed by atoms with E-state index in [2.05, 4.69) is 13.8 Å². The van der Waals surface area contributed by atoms with Crippen molar-refractivity contribution in [2.45, 2.75) is 38.7 Å². The Kier molecular flexibility index (Phi) is 2.30. The molecule has 3 rings (SSSR count). The van der Waals surface area contributed by atoms with Crippen LogP contribution in [0.1, 0.15) is 33.1 Å². The van der Waals surface area contributed by atoms with Crippen molar-refractivity contribution >= 4 is 17.6 Å². The molecule has 0 aromatic carbocycles. The number of rotatable bonds is 2. The van der Waals surface area contributed by atoms with Crippen LogP contribution in [0.4, 0.5) is 0 Å². The molecule has 0 aliphatic heterocycles. The van der Waals surface area contributed by atoms with Gasteiger partial charge in [0.15, 0.2) is 0 Å². The van der Waals surface area contributed by atoms with E-state index in [1.165, 1.54) is 19.3 Å². The van der Waals surface area contributed by atoms with Crippen LogP contribution in [-0.4, -0.2) is 17.5 Å². The van der Waals surface area contributed by atoms with E-state index < -0.39 is 0 Å². The molecule has 3 heteroatoms. The number of hydrogen-bond donors (Lipinski definition) is 0. The predicted octanol–water partition coefficient (Wildman–Crippen LogP) is 2.84. The van der Waals surface area contributed by atoms with E-state index in [1.54, 1.807) is 0 Å². The third kappa shape index (κ3) is 1.23. The number of esters is 1. The first-order valence-electron chi connectivity index (χ1n) is 6.34. The van der Waals surface area contributed by atoms with Gasteiger partial charge in [0, 0.05) is 11.8 Å². The molecule has 3 aliphatic rings. The van der Waals surface area contributed by atoms with Crippen molar-refractivity contribution in [3.63, 3.8) is 0 Å². The molecule has 0 heterocycles. The smallest absolute Gasteiger partial charge is 0.321 e. The number of carbonyl (C=O) groups is 1. The van der Waals surface area contributed by atoms with Crippen LogP contribution in [0.5, 0.6) is 0 Å². The monoisotopic (exact) mass is 242 g/mol. The number of carbonyl (C=O) groups excluding carboxylic acids is 1. The fourth-order valence-electron chi connectivity index (χ4n) is 4.65. The molecule has 0 N–H and O–H groups in total. The maximum atomic E-state index is 11.4. The van der Waals surface area contributed by atoms with Crippen molar-refractivity contribution in [2.75, 3.05) is 5.88 Å². The molecule has 3 fully saturated rings. The summed E-state index contributed by atoms with van der Waals surface area (Å²) in [6.07, 6.45) is 3.87. The van der Waals surface area contributed by atoms with Gasteiger partial charge in [0.2, 0.25) is 0 Å². The van der Waals surface area contributed by atoms with E-state index >= 15 is 0 Å². The molecule has 0 radical (unpaired) electrons. The minimum absolute atomic E-state index is 0.0152. The molecular formula is C13H19ClO2. The molecule has 0 aromatic rings. The summed E-state index contributed by atoms with van der Waals surface area (Å²) in [5.41, 5.74) is -0.193. The summed E-state index contributed by atoms with van der Waals surface area (Å²) >= 11 is 5.53. The lowest BCUT2D eigenvalue weighted by Gasteiger charge is -2.71. The predicted molar refractivity (Wildman–Crippen MR) is 62.2 cm³/mol. The van der Waals surface area contributed by atoms with Gasteiger partial charge < -0.3 is 4.74 Å². The minimum atomic E-state index is -0.246. The summed E-state index contributed by atoms with van der Waals surface area (Å²) in [4.78, 5) is 11.4. The second-order valence-corrected chi connectivity index (χ2v) is 6.42. The van der Waals surface area contributed by atoms with Gasteiger partial charge >= 0.3 is 5.97 Å². The van der Waals surface area contributed by atoms with Gasteiger partial charge in [-0.25, -0.2) is 0 Å². The molecule has 0 aromatic heterocycles. The van der Waals surface area contributed by atoms with Gasteiger partial charge in [0.1, 0.15) is 11.5 Å². The lowest BCUT2D eigenvalue weighted by atomic mass is 9.36. The molecule has 0 amide bonds. The first-order chi connectivity index (χ1) is 7.56. The molecule has 6 unspecified atom stereocenters. The van der Waals surface area contributed by atoms with Gasteiger partial charge in [-0.3, -0.25) is 4.79 Å². The van der Waals surface area contributed by atoms with Gasteiger partial charge in [-0.1, -0.05) is 6.92 Å². The average Bonchev–Trinajstić information content (AvgIpc) is 2.20. The zero-order valence-corrected chi connectivity index (χ0v) is 10.7. The fourth-order valence-corrected chi connectivity index (χ4v) is 4.71. The quantitative estimate of drug-likeness (QED) is 0.550. The highest BCUT2D eigenvalue weighted by molar-refractivity contribution is 6.26. The van der Waals surface area contributed by atoms with Crippen LogP contribution in [0.2, 0.25) is 0 Å². The summed E-state index contributed by atoms with van der Waals surface area (Å²) in [6, 6.07) is 0. The summed E-state index contributed by atoms with van der Waals surface area (Å²) in [5, 5.41) is 0. The zero-order chi connectivity index (χ0) is 11.5. The van der Waals surface area contributed by atoms with Crippen LogP contribution in [0, 0.1) is 29.6 Å². The first kappa shape index (κ1) is 10.9. The molecule has 0 bridgehead atoms. The van der Waals surface area contributed by atoms with Crippen LogP contribution in [0.3, 0.4) is 0 Å². The molecule has 2 nitrogen and oxygen atoms in total. The highest BCUT2D eigenvalue weighted by Gasteiger charge is 2.70. The van der Waals surface area contributed by atoms with Crippen LogP contribution >= 0.6 is 11.6 Å². The Labute approximate surface area is 102 Å². The molecule has 3 saturated carbocycles. The minimum Gasteiger partial charge on any atom is -0.458 e. The van der Waals surface area contributed by atoms with Crippen LogP contribution in [0.25, 0.3) is 0 Å². The SMILES string of the molecule is CC1CC2CC3C2C(C1)C3(C)OC(=O)CCl. The Morgan fingerprint density at radius 1 is 1.38 bits per heavy atom. The second-order valence-electron chi connectivity index (χ2n) is 6.15. The van der Waals surface area contributed by atoms with E-state index in [0.717, 1.165) is 17.8 Å². The number of alkyl halides is 1. The van der Waals surface area contributed by atoms with Gasteiger partial charge in [-0.15, -0.1) is 11.6 Å². The normalized spacial score (nSPS) is 53.3. The molecule has 0 saturated heterocycles. The van der Waals surface area contributed by atoms with E-state index in [9.17, 15) is 4.79 Å². The van der Waals surface area contributed by atoms with Crippen molar-refractivity contribution in [3.05, 3.63) is 0 Å². The Morgan fingerprint density at radius 3 is 2.75 bits per heavy atom. The van der Waals surface area contributed by atoms with Crippen LogP contribution in [-0.2, 0) is 9.53 Å². The van der Waals surface area contributed by atoms with E-state index in [0.29, 0.717) is 11.8 Å². The molecule has 3 aliphatic carbocycles. The highest BCUT2D eigenvalue weighted by atomic mass is 35.5. The van der Waals surface area contributed by atoms with Crippen LogP contribution < -0.4 is 0 Å². The first-order valence-corrected chi connectivity index (χ1v) is 6.87. The number of hydrogen-bond acceptors (Lipinski definition) is 2. The number of ether oxygens (including phenoxy) is 1. The molecule has 0 spiro atoms. The van der Waals surface area contributed by atoms with Gasteiger partial charge in [-0.05, 0) is 43.9 Å². The zero-order valence-electron chi connectivity index (χ0n) is 9.91. The molecule has 6 atom stereocenters. The van der Waals surface area contributed by atoms with Crippen molar-refractivity contribution in [1.82, 2.24) is 0 Å². The highest BCUT2D eigenvalue weighted by Crippen LogP contribution is 2.70.